The molecule has 0 amide bonds. The highest BCUT2D eigenvalue weighted by Gasteiger charge is 2.16. The maximum atomic E-state index is 9.41. The van der Waals surface area contributed by atoms with Gasteiger partial charge in [-0.1, -0.05) is 18.7 Å². The molecule has 1 fully saturated rings. The molecule has 0 atom stereocenters. The minimum Gasteiger partial charge on any atom is -0.462 e. The molecule has 0 spiro atoms. The van der Waals surface area contributed by atoms with E-state index in [1.165, 1.54) is 6.20 Å². The number of nitrogens with zero attached hydrogens (tertiary/aromatic N) is 6. The topological polar surface area (TPSA) is 79.9 Å². The van der Waals surface area contributed by atoms with E-state index in [4.69, 9.17) is 4.74 Å². The highest BCUT2D eigenvalue weighted by atomic mass is 16.5. The molecule has 130 valence electrons. The van der Waals surface area contributed by atoms with Crippen LogP contribution in [0.2, 0.25) is 0 Å². The van der Waals surface area contributed by atoms with Gasteiger partial charge in [-0.05, 0) is 25.0 Å². The van der Waals surface area contributed by atoms with Crippen LogP contribution in [0.1, 0.15) is 18.4 Å². The number of likely N-dealkylation sites (tertiary alicyclic amines) is 1. The van der Waals surface area contributed by atoms with Gasteiger partial charge in [-0.15, -0.1) is 0 Å². The number of aromatic nitrogens is 4. The van der Waals surface area contributed by atoms with Crippen molar-refractivity contribution in [3.63, 3.8) is 0 Å². The first kappa shape index (κ1) is 16.1. The number of imidazole rings is 1. The van der Waals surface area contributed by atoms with Crippen LogP contribution in [0.4, 0.5) is 0 Å². The van der Waals surface area contributed by atoms with Crippen LogP contribution >= 0.6 is 0 Å². The highest BCUT2D eigenvalue weighted by molar-refractivity contribution is 5.77. The molecule has 1 aromatic carbocycles. The van der Waals surface area contributed by atoms with Crippen LogP contribution in [0.3, 0.4) is 0 Å². The monoisotopic (exact) mass is 346 g/mol. The van der Waals surface area contributed by atoms with E-state index in [1.807, 2.05) is 24.3 Å². The Balaban J connectivity index is 1.58. The predicted octanol–water partition coefficient (Wildman–Crippen LogP) is 2.68. The molecule has 0 unspecified atom stereocenters. The van der Waals surface area contributed by atoms with E-state index < -0.39 is 0 Å². The lowest BCUT2D eigenvalue weighted by Crippen LogP contribution is -2.24. The molecule has 4 rings (SSSR count). The second-order valence-electron chi connectivity index (χ2n) is 6.11. The van der Waals surface area contributed by atoms with Crippen LogP contribution in [0.5, 0.6) is 6.01 Å². The van der Waals surface area contributed by atoms with E-state index in [9.17, 15) is 5.26 Å². The average molecular weight is 346 g/mol. The zero-order valence-corrected chi connectivity index (χ0v) is 14.3. The fraction of sp³-hybridized carbons (Fsp3) is 0.263. The number of rotatable bonds is 5. The fourth-order valence-electron chi connectivity index (χ4n) is 3.12. The summed E-state index contributed by atoms with van der Waals surface area (Å²) in [6.07, 6.45) is 5.34. The van der Waals surface area contributed by atoms with Crippen LogP contribution in [0.15, 0.2) is 49.1 Å². The van der Waals surface area contributed by atoms with Gasteiger partial charge in [0.15, 0.2) is 5.82 Å². The van der Waals surface area contributed by atoms with Gasteiger partial charge in [-0.25, -0.2) is 9.97 Å². The van der Waals surface area contributed by atoms with Gasteiger partial charge < -0.3 is 9.64 Å². The van der Waals surface area contributed by atoms with Gasteiger partial charge in [0.1, 0.15) is 24.6 Å². The van der Waals surface area contributed by atoms with Crippen molar-refractivity contribution >= 4 is 11.0 Å². The molecular formula is C19H18N6O. The number of fused-ring (bicyclic) bond motifs is 1. The Morgan fingerprint density at radius 1 is 1.27 bits per heavy atom. The predicted molar refractivity (Wildman–Crippen MR) is 96.8 cm³/mol. The van der Waals surface area contributed by atoms with Gasteiger partial charge in [0.05, 0.1) is 23.8 Å². The quantitative estimate of drug-likeness (QED) is 0.707. The lowest BCUT2D eigenvalue weighted by Gasteiger charge is -2.18. The Kier molecular flexibility index (Phi) is 4.23. The van der Waals surface area contributed by atoms with Crippen molar-refractivity contribution in [2.75, 3.05) is 19.7 Å². The van der Waals surface area contributed by atoms with Crippen LogP contribution in [0, 0.1) is 11.3 Å². The van der Waals surface area contributed by atoms with Crippen LogP contribution in [-0.2, 0) is 0 Å². The van der Waals surface area contributed by atoms with Crippen molar-refractivity contribution in [3.8, 4) is 17.9 Å². The summed E-state index contributed by atoms with van der Waals surface area (Å²) in [6, 6.07) is 10.1. The second kappa shape index (κ2) is 6.84. The van der Waals surface area contributed by atoms with E-state index in [0.29, 0.717) is 18.0 Å². The van der Waals surface area contributed by atoms with Crippen molar-refractivity contribution in [1.82, 2.24) is 24.4 Å². The van der Waals surface area contributed by atoms with Crippen LogP contribution < -0.4 is 4.74 Å². The van der Waals surface area contributed by atoms with Gasteiger partial charge >= 0.3 is 6.01 Å². The normalized spacial score (nSPS) is 14.0. The van der Waals surface area contributed by atoms with Crippen LogP contribution in [0.25, 0.3) is 16.9 Å². The first-order chi connectivity index (χ1) is 12.8. The third kappa shape index (κ3) is 2.97. The fourth-order valence-corrected chi connectivity index (χ4v) is 3.12. The summed E-state index contributed by atoms with van der Waals surface area (Å²) < 4.78 is 7.50. The van der Waals surface area contributed by atoms with Crippen molar-refractivity contribution in [3.05, 3.63) is 54.6 Å². The number of ether oxygens (including phenoxy) is 1. The summed E-state index contributed by atoms with van der Waals surface area (Å²) in [5.41, 5.74) is 3.24. The van der Waals surface area contributed by atoms with Crippen LogP contribution in [-0.4, -0.2) is 44.1 Å². The van der Waals surface area contributed by atoms with E-state index in [2.05, 4.69) is 32.5 Å². The standard InChI is InChI=1S/C19H18N6O/c1-14-5-4-8-24(14)9-10-26-19-21-12-15(11-20)18(23-19)25-13-22-16-6-2-3-7-17(16)25/h2-3,6-7,12-13H,1,4-5,8-10H2. The minimum atomic E-state index is 0.251. The zero-order chi connectivity index (χ0) is 17.9. The maximum absolute atomic E-state index is 9.41. The Bertz CT molecular complexity index is 1000. The third-order valence-corrected chi connectivity index (χ3v) is 4.48. The molecular weight excluding hydrogens is 328 g/mol. The summed E-state index contributed by atoms with van der Waals surface area (Å²) in [5, 5.41) is 9.41. The van der Waals surface area contributed by atoms with Gasteiger partial charge in [0.2, 0.25) is 0 Å². The lowest BCUT2D eigenvalue weighted by atomic mass is 10.3. The second-order valence-corrected chi connectivity index (χ2v) is 6.11. The maximum Gasteiger partial charge on any atom is 0.318 e. The average Bonchev–Trinajstić information content (AvgIpc) is 3.28. The number of benzene rings is 1. The minimum absolute atomic E-state index is 0.251. The van der Waals surface area contributed by atoms with Gasteiger partial charge in [0.25, 0.3) is 0 Å². The molecule has 1 aliphatic rings. The SMILES string of the molecule is C=C1CCCN1CCOc1ncc(C#N)c(-n2cnc3ccccc32)n1. The lowest BCUT2D eigenvalue weighted by molar-refractivity contribution is 0.242. The molecule has 0 bridgehead atoms. The number of allylic oxidation sites excluding steroid dienone is 1. The molecule has 3 aromatic rings. The van der Waals surface area contributed by atoms with E-state index >= 15 is 0 Å². The Labute approximate surface area is 151 Å². The molecule has 1 saturated heterocycles. The molecule has 7 nitrogen and oxygen atoms in total. The summed E-state index contributed by atoms with van der Waals surface area (Å²) in [6.45, 7) is 6.29. The molecule has 3 heterocycles. The largest absolute Gasteiger partial charge is 0.462 e. The van der Waals surface area contributed by atoms with Gasteiger partial charge in [0, 0.05) is 12.2 Å². The third-order valence-electron chi connectivity index (χ3n) is 4.48. The highest BCUT2D eigenvalue weighted by Crippen LogP contribution is 2.21. The zero-order valence-electron chi connectivity index (χ0n) is 14.3. The molecule has 1 aliphatic heterocycles. The number of para-hydroxylation sites is 2. The van der Waals surface area contributed by atoms with Crippen molar-refractivity contribution in [2.24, 2.45) is 0 Å². The van der Waals surface area contributed by atoms with Crippen molar-refractivity contribution in [1.29, 1.82) is 5.26 Å². The Morgan fingerprint density at radius 3 is 2.96 bits per heavy atom. The molecule has 0 aliphatic carbocycles. The molecule has 2 aromatic heterocycles. The van der Waals surface area contributed by atoms with Gasteiger partial charge in [-0.3, -0.25) is 4.57 Å². The summed E-state index contributed by atoms with van der Waals surface area (Å²) in [7, 11) is 0. The molecule has 26 heavy (non-hydrogen) atoms. The van der Waals surface area contributed by atoms with E-state index in [1.54, 1.807) is 10.9 Å². The van der Waals surface area contributed by atoms with Gasteiger partial charge in [-0.2, -0.15) is 10.2 Å². The summed E-state index contributed by atoms with van der Waals surface area (Å²) in [4.78, 5) is 15.2. The van der Waals surface area contributed by atoms with E-state index in [-0.39, 0.29) is 6.01 Å². The smallest absolute Gasteiger partial charge is 0.318 e. The van der Waals surface area contributed by atoms with E-state index in [0.717, 1.165) is 42.7 Å². The molecule has 0 N–H and O–H groups in total. The number of nitriles is 1. The molecule has 7 heteroatoms. The first-order valence-electron chi connectivity index (χ1n) is 8.51. The Hall–Kier alpha value is -3.40. The summed E-state index contributed by atoms with van der Waals surface area (Å²) >= 11 is 0. The number of hydrogen-bond acceptors (Lipinski definition) is 6. The van der Waals surface area contributed by atoms with Crippen molar-refractivity contribution in [2.45, 2.75) is 12.8 Å². The first-order valence-corrected chi connectivity index (χ1v) is 8.51. The number of hydrogen-bond donors (Lipinski definition) is 0. The Morgan fingerprint density at radius 2 is 2.15 bits per heavy atom. The molecule has 0 saturated carbocycles. The van der Waals surface area contributed by atoms with Crippen molar-refractivity contribution < 1.29 is 4.74 Å². The molecule has 0 radical (unpaired) electrons. The summed E-state index contributed by atoms with van der Waals surface area (Å²) in [5.74, 6) is 0.469.